The highest BCUT2D eigenvalue weighted by Gasteiger charge is 1.89. The van der Waals surface area contributed by atoms with Gasteiger partial charge in [0.25, 0.3) is 0 Å². The molecule has 0 aromatic rings. The van der Waals surface area contributed by atoms with E-state index in [1.54, 1.807) is 0 Å². The lowest BCUT2D eigenvalue weighted by Gasteiger charge is -2.05. The Kier molecular flexibility index (Phi) is 9.96. The summed E-state index contributed by atoms with van der Waals surface area (Å²) in [6, 6.07) is 0. The number of nitrogens with two attached hydrogens (primary N) is 1. The first kappa shape index (κ1) is 13.4. The second-order valence-electron chi connectivity index (χ2n) is 3.23. The van der Waals surface area contributed by atoms with Gasteiger partial charge in [-0.15, -0.1) is 0 Å². The van der Waals surface area contributed by atoms with Crippen molar-refractivity contribution in [3.8, 4) is 0 Å². The molecule has 0 aromatic heterocycles. The van der Waals surface area contributed by atoms with Crippen LogP contribution in [0.25, 0.3) is 0 Å². The molecule has 0 bridgehead atoms. The van der Waals surface area contributed by atoms with Crippen LogP contribution in [0.5, 0.6) is 0 Å². The van der Waals surface area contributed by atoms with Gasteiger partial charge < -0.3 is 16.4 Å². The highest BCUT2D eigenvalue weighted by molar-refractivity contribution is 5.14. The molecule has 0 heterocycles. The number of hydrogen-bond donors (Lipinski definition) is 3. The van der Waals surface area contributed by atoms with Crippen LogP contribution < -0.4 is 16.4 Å². The van der Waals surface area contributed by atoms with Crippen LogP contribution in [-0.2, 0) is 0 Å². The fourth-order valence-electron chi connectivity index (χ4n) is 1.07. The summed E-state index contributed by atoms with van der Waals surface area (Å²) in [5, 5.41) is 6.60. The normalized spacial score (nSPS) is 11.0. The highest BCUT2D eigenvalue weighted by Crippen LogP contribution is 1.88. The maximum atomic E-state index is 5.37. The minimum absolute atomic E-state index is 0.762. The van der Waals surface area contributed by atoms with Crippen molar-refractivity contribution < 1.29 is 0 Å². The Morgan fingerprint density at radius 2 is 2.00 bits per heavy atom. The summed E-state index contributed by atoms with van der Waals surface area (Å²) in [4.78, 5) is 0. The van der Waals surface area contributed by atoms with Crippen LogP contribution in [0.2, 0.25) is 0 Å². The molecule has 0 spiro atoms. The summed E-state index contributed by atoms with van der Waals surface area (Å²) in [6.45, 7) is 10.5. The zero-order chi connectivity index (χ0) is 10.6. The van der Waals surface area contributed by atoms with Crippen LogP contribution in [0.1, 0.15) is 13.3 Å². The molecule has 4 N–H and O–H groups in total. The van der Waals surface area contributed by atoms with Gasteiger partial charge in [0, 0.05) is 19.6 Å². The quantitative estimate of drug-likeness (QED) is 0.376. The first-order chi connectivity index (χ1) is 6.81. The summed E-state index contributed by atoms with van der Waals surface area (Å²) in [6.07, 6.45) is 5.07. The smallest absolute Gasteiger partial charge is 0.0200 e. The topological polar surface area (TPSA) is 50.1 Å². The predicted octanol–water partition coefficient (Wildman–Crippen LogP) is 0.647. The molecule has 0 aliphatic rings. The second kappa shape index (κ2) is 10.4. The molecule has 0 unspecified atom stereocenters. The van der Waals surface area contributed by atoms with Gasteiger partial charge in [-0.1, -0.05) is 18.7 Å². The van der Waals surface area contributed by atoms with E-state index < -0.39 is 0 Å². The highest BCUT2D eigenvalue weighted by atomic mass is 14.9. The molecule has 0 aliphatic carbocycles. The van der Waals surface area contributed by atoms with Gasteiger partial charge >= 0.3 is 0 Å². The van der Waals surface area contributed by atoms with E-state index in [1.807, 2.05) is 19.1 Å². The third-order valence-electron chi connectivity index (χ3n) is 1.79. The van der Waals surface area contributed by atoms with Gasteiger partial charge in [0.15, 0.2) is 0 Å². The molecule has 14 heavy (non-hydrogen) atoms. The molecular weight excluding hydrogens is 174 g/mol. The Bertz CT molecular complexity index is 164. The molecule has 0 saturated carbocycles. The van der Waals surface area contributed by atoms with Crippen LogP contribution in [0.3, 0.4) is 0 Å². The van der Waals surface area contributed by atoms with E-state index in [0.29, 0.717) is 0 Å². The summed E-state index contributed by atoms with van der Waals surface area (Å²) < 4.78 is 0. The summed E-state index contributed by atoms with van der Waals surface area (Å²) in [5.74, 6) is 0. The summed E-state index contributed by atoms with van der Waals surface area (Å²) in [7, 11) is 0. The fourth-order valence-corrected chi connectivity index (χ4v) is 1.07. The lowest BCUT2D eigenvalue weighted by Crippen LogP contribution is -2.29. The maximum absolute atomic E-state index is 5.37. The molecule has 0 saturated heterocycles. The van der Waals surface area contributed by atoms with Crippen molar-refractivity contribution in [1.82, 2.24) is 10.6 Å². The molecule has 0 aromatic carbocycles. The van der Waals surface area contributed by atoms with E-state index in [-0.39, 0.29) is 0 Å². The van der Waals surface area contributed by atoms with Crippen LogP contribution in [0, 0.1) is 0 Å². The van der Waals surface area contributed by atoms with E-state index >= 15 is 0 Å². The SMILES string of the molecule is C=C(/C=C\C)CNCCNCCCN. The van der Waals surface area contributed by atoms with Crippen molar-refractivity contribution in [3.63, 3.8) is 0 Å². The van der Waals surface area contributed by atoms with Crippen LogP contribution in [0.15, 0.2) is 24.3 Å². The van der Waals surface area contributed by atoms with Gasteiger partial charge in [0.1, 0.15) is 0 Å². The Balaban J connectivity index is 3.09. The van der Waals surface area contributed by atoms with Crippen molar-refractivity contribution >= 4 is 0 Å². The Hall–Kier alpha value is -0.640. The van der Waals surface area contributed by atoms with E-state index in [1.165, 1.54) is 0 Å². The molecular formula is C11H23N3. The fraction of sp³-hybridized carbons (Fsp3) is 0.636. The molecule has 0 rings (SSSR count). The van der Waals surface area contributed by atoms with Gasteiger partial charge in [-0.3, -0.25) is 0 Å². The van der Waals surface area contributed by atoms with Crippen molar-refractivity contribution in [3.05, 3.63) is 24.3 Å². The van der Waals surface area contributed by atoms with Crippen molar-refractivity contribution in [2.45, 2.75) is 13.3 Å². The van der Waals surface area contributed by atoms with Gasteiger partial charge in [0.2, 0.25) is 0 Å². The van der Waals surface area contributed by atoms with E-state index in [4.69, 9.17) is 5.73 Å². The number of hydrogen-bond acceptors (Lipinski definition) is 3. The van der Waals surface area contributed by atoms with Gasteiger partial charge in [0.05, 0.1) is 0 Å². The largest absolute Gasteiger partial charge is 0.330 e. The number of nitrogens with one attached hydrogen (secondary N) is 2. The number of rotatable bonds is 9. The second-order valence-corrected chi connectivity index (χ2v) is 3.23. The van der Waals surface area contributed by atoms with Crippen LogP contribution >= 0.6 is 0 Å². The monoisotopic (exact) mass is 197 g/mol. The van der Waals surface area contributed by atoms with Gasteiger partial charge in [-0.05, 0) is 32.0 Å². The van der Waals surface area contributed by atoms with Crippen molar-refractivity contribution in [1.29, 1.82) is 0 Å². The molecule has 0 amide bonds. The first-order valence-corrected chi connectivity index (χ1v) is 5.23. The van der Waals surface area contributed by atoms with Gasteiger partial charge in [-0.2, -0.15) is 0 Å². The van der Waals surface area contributed by atoms with E-state index in [2.05, 4.69) is 17.2 Å². The Morgan fingerprint density at radius 3 is 2.64 bits per heavy atom. The third kappa shape index (κ3) is 9.45. The predicted molar refractivity (Wildman–Crippen MR) is 63.4 cm³/mol. The molecule has 0 aliphatic heterocycles. The van der Waals surface area contributed by atoms with E-state index in [0.717, 1.165) is 44.7 Å². The lowest BCUT2D eigenvalue weighted by atomic mass is 10.3. The zero-order valence-corrected chi connectivity index (χ0v) is 9.18. The molecule has 0 atom stereocenters. The Labute approximate surface area is 87.4 Å². The van der Waals surface area contributed by atoms with Crippen molar-refractivity contribution in [2.24, 2.45) is 5.73 Å². The minimum atomic E-state index is 0.762. The van der Waals surface area contributed by atoms with E-state index in [9.17, 15) is 0 Å². The molecule has 0 fully saturated rings. The Morgan fingerprint density at radius 1 is 1.29 bits per heavy atom. The van der Waals surface area contributed by atoms with Crippen LogP contribution in [0.4, 0.5) is 0 Å². The maximum Gasteiger partial charge on any atom is 0.0200 e. The minimum Gasteiger partial charge on any atom is -0.330 e. The molecule has 3 heteroatoms. The average Bonchev–Trinajstić information content (AvgIpc) is 2.17. The summed E-state index contributed by atoms with van der Waals surface area (Å²) in [5.41, 5.74) is 6.49. The van der Waals surface area contributed by atoms with Crippen molar-refractivity contribution in [2.75, 3.05) is 32.7 Å². The standard InChI is InChI=1S/C11H23N3/c1-3-5-11(2)10-14-9-8-13-7-4-6-12/h3,5,13-14H,2,4,6-10,12H2,1H3/b5-3-. The zero-order valence-electron chi connectivity index (χ0n) is 9.18. The number of allylic oxidation sites excluding steroid dienone is 1. The lowest BCUT2D eigenvalue weighted by molar-refractivity contribution is 0.615. The molecule has 3 nitrogen and oxygen atoms in total. The molecule has 0 radical (unpaired) electrons. The van der Waals surface area contributed by atoms with Crippen LogP contribution in [-0.4, -0.2) is 32.7 Å². The first-order valence-electron chi connectivity index (χ1n) is 5.23. The molecule has 82 valence electrons. The van der Waals surface area contributed by atoms with Gasteiger partial charge in [-0.25, -0.2) is 0 Å². The average molecular weight is 197 g/mol. The third-order valence-corrected chi connectivity index (χ3v) is 1.79. The summed E-state index contributed by atoms with van der Waals surface area (Å²) >= 11 is 0.